The third-order valence-electron chi connectivity index (χ3n) is 6.58. The minimum atomic E-state index is -0.374. The first-order valence-electron chi connectivity index (χ1n) is 12.8. The Balaban J connectivity index is 1.21. The quantitative estimate of drug-likeness (QED) is 0.403. The fourth-order valence-corrected chi connectivity index (χ4v) is 4.32. The molecule has 3 aromatic rings. The maximum Gasteiger partial charge on any atom is 0.337 e. The summed E-state index contributed by atoms with van der Waals surface area (Å²) in [5.41, 5.74) is 3.17. The van der Waals surface area contributed by atoms with Crippen LogP contribution in [-0.2, 0) is 33.9 Å². The minimum absolute atomic E-state index is 0.0582. The average molecular weight is 534 g/mol. The van der Waals surface area contributed by atoms with Gasteiger partial charge in [-0.05, 0) is 41.5 Å². The van der Waals surface area contributed by atoms with Crippen molar-refractivity contribution in [2.45, 2.75) is 19.6 Å². The lowest BCUT2D eigenvalue weighted by Crippen LogP contribution is -2.51. The number of piperazine rings is 1. The van der Waals surface area contributed by atoms with E-state index in [1.165, 1.54) is 19.2 Å². The summed E-state index contributed by atoms with van der Waals surface area (Å²) in [5, 5.41) is 2.66. The van der Waals surface area contributed by atoms with E-state index in [0.717, 1.165) is 16.9 Å². The van der Waals surface area contributed by atoms with Crippen LogP contribution in [0.3, 0.4) is 0 Å². The maximum absolute atomic E-state index is 13.0. The van der Waals surface area contributed by atoms with E-state index in [0.29, 0.717) is 50.5 Å². The van der Waals surface area contributed by atoms with Gasteiger partial charge in [-0.1, -0.05) is 42.5 Å². The second-order valence-corrected chi connectivity index (χ2v) is 9.32. The molecule has 204 valence electrons. The lowest BCUT2D eigenvalue weighted by Gasteiger charge is -2.35. The Bertz CT molecular complexity index is 1270. The standard InChI is InChI=1S/C30H32FN3O5/c1-38-30(37)24-10-6-23(7-11-24)21-39-27-5-3-2-4-25(27)20-33-14-16-34(17-15-33)29(36)19-32-28(35)18-22-8-12-26(31)13-9-22/h2-13H,14-21H2,1H3,(H,32,35). The molecule has 1 saturated heterocycles. The Labute approximate surface area is 227 Å². The molecule has 3 aromatic carbocycles. The van der Waals surface area contributed by atoms with Crippen molar-refractivity contribution in [3.63, 3.8) is 0 Å². The highest BCUT2D eigenvalue weighted by Gasteiger charge is 2.22. The lowest BCUT2D eigenvalue weighted by molar-refractivity contribution is -0.134. The van der Waals surface area contributed by atoms with Crippen LogP contribution in [0.25, 0.3) is 0 Å². The molecule has 0 bridgehead atoms. The van der Waals surface area contributed by atoms with Gasteiger partial charge in [0.25, 0.3) is 0 Å². The predicted molar refractivity (Wildman–Crippen MR) is 144 cm³/mol. The van der Waals surface area contributed by atoms with E-state index in [2.05, 4.69) is 10.2 Å². The Morgan fingerprint density at radius 2 is 1.54 bits per heavy atom. The molecule has 0 spiro atoms. The largest absolute Gasteiger partial charge is 0.489 e. The molecule has 0 aliphatic carbocycles. The van der Waals surface area contributed by atoms with Gasteiger partial charge in [-0.25, -0.2) is 9.18 Å². The number of amides is 2. The number of esters is 1. The minimum Gasteiger partial charge on any atom is -0.489 e. The van der Waals surface area contributed by atoms with Crippen LogP contribution in [0.2, 0.25) is 0 Å². The number of benzene rings is 3. The number of methoxy groups -OCH3 is 1. The summed E-state index contributed by atoms with van der Waals surface area (Å²) in [5.74, 6) is -0.333. The van der Waals surface area contributed by atoms with Gasteiger partial charge >= 0.3 is 5.97 Å². The van der Waals surface area contributed by atoms with Crippen LogP contribution in [-0.4, -0.2) is 67.4 Å². The van der Waals surface area contributed by atoms with Crippen molar-refractivity contribution in [1.29, 1.82) is 0 Å². The molecule has 0 atom stereocenters. The number of nitrogens with zero attached hydrogens (tertiary/aromatic N) is 2. The topological polar surface area (TPSA) is 88.2 Å². The van der Waals surface area contributed by atoms with Crippen LogP contribution in [0.4, 0.5) is 4.39 Å². The number of nitrogens with one attached hydrogen (secondary N) is 1. The number of para-hydroxylation sites is 1. The first-order chi connectivity index (χ1) is 18.9. The van der Waals surface area contributed by atoms with Crippen molar-refractivity contribution in [2.75, 3.05) is 39.8 Å². The van der Waals surface area contributed by atoms with Crippen molar-refractivity contribution in [2.24, 2.45) is 0 Å². The van der Waals surface area contributed by atoms with Gasteiger partial charge in [-0.15, -0.1) is 0 Å². The fraction of sp³-hybridized carbons (Fsp3) is 0.300. The second-order valence-electron chi connectivity index (χ2n) is 9.32. The monoisotopic (exact) mass is 533 g/mol. The van der Waals surface area contributed by atoms with Crippen molar-refractivity contribution >= 4 is 17.8 Å². The third-order valence-corrected chi connectivity index (χ3v) is 6.58. The Kier molecular flexibility index (Phi) is 9.64. The van der Waals surface area contributed by atoms with Gasteiger partial charge in [0.05, 0.1) is 25.6 Å². The third kappa shape index (κ3) is 8.12. The summed E-state index contributed by atoms with van der Waals surface area (Å²) in [6.07, 6.45) is 0.0988. The van der Waals surface area contributed by atoms with Crippen LogP contribution < -0.4 is 10.1 Å². The molecule has 8 nitrogen and oxygen atoms in total. The van der Waals surface area contributed by atoms with Crippen LogP contribution in [0.5, 0.6) is 5.75 Å². The molecule has 2 amide bonds. The molecular formula is C30H32FN3O5. The first kappa shape index (κ1) is 27.8. The highest BCUT2D eigenvalue weighted by Crippen LogP contribution is 2.22. The van der Waals surface area contributed by atoms with E-state index in [1.54, 1.807) is 29.2 Å². The van der Waals surface area contributed by atoms with E-state index in [9.17, 15) is 18.8 Å². The first-order valence-corrected chi connectivity index (χ1v) is 12.8. The molecule has 39 heavy (non-hydrogen) atoms. The zero-order chi connectivity index (χ0) is 27.6. The second kappa shape index (κ2) is 13.5. The highest BCUT2D eigenvalue weighted by molar-refractivity contribution is 5.89. The maximum atomic E-state index is 13.0. The molecule has 1 aliphatic rings. The molecule has 1 N–H and O–H groups in total. The number of rotatable bonds is 10. The summed E-state index contributed by atoms with van der Waals surface area (Å²) in [4.78, 5) is 40.4. The van der Waals surface area contributed by atoms with Crippen LogP contribution in [0, 0.1) is 5.82 Å². The lowest BCUT2D eigenvalue weighted by atomic mass is 10.1. The number of hydrogen-bond acceptors (Lipinski definition) is 6. The molecule has 1 heterocycles. The van der Waals surface area contributed by atoms with Gasteiger partial charge in [-0.2, -0.15) is 0 Å². The number of carbonyl (C=O) groups is 3. The van der Waals surface area contributed by atoms with Gasteiger partial charge in [0.15, 0.2) is 0 Å². The average Bonchev–Trinajstić information content (AvgIpc) is 2.97. The highest BCUT2D eigenvalue weighted by atomic mass is 19.1. The summed E-state index contributed by atoms with van der Waals surface area (Å²) in [6, 6.07) is 20.7. The number of ether oxygens (including phenoxy) is 2. The smallest absolute Gasteiger partial charge is 0.337 e. The molecule has 1 fully saturated rings. The molecule has 0 radical (unpaired) electrons. The molecule has 4 rings (SSSR count). The molecule has 0 unspecified atom stereocenters. The van der Waals surface area contributed by atoms with Crippen LogP contribution in [0.1, 0.15) is 27.0 Å². The Morgan fingerprint density at radius 1 is 0.872 bits per heavy atom. The van der Waals surface area contributed by atoms with E-state index >= 15 is 0 Å². The summed E-state index contributed by atoms with van der Waals surface area (Å²) in [7, 11) is 1.35. The summed E-state index contributed by atoms with van der Waals surface area (Å²) in [6.45, 7) is 3.56. The van der Waals surface area contributed by atoms with E-state index in [4.69, 9.17) is 9.47 Å². The van der Waals surface area contributed by atoms with Gasteiger partial charge in [0.2, 0.25) is 11.8 Å². The predicted octanol–water partition coefficient (Wildman–Crippen LogP) is 3.19. The summed E-state index contributed by atoms with van der Waals surface area (Å²) < 4.78 is 23.8. The SMILES string of the molecule is COC(=O)c1ccc(COc2ccccc2CN2CCN(C(=O)CNC(=O)Cc3ccc(F)cc3)CC2)cc1. The Morgan fingerprint density at radius 3 is 2.23 bits per heavy atom. The van der Waals surface area contributed by atoms with Gasteiger partial charge < -0.3 is 19.7 Å². The molecule has 1 aliphatic heterocycles. The number of carbonyl (C=O) groups excluding carboxylic acids is 3. The molecule has 9 heteroatoms. The van der Waals surface area contributed by atoms with Crippen molar-refractivity contribution in [3.05, 3.63) is 101 Å². The van der Waals surface area contributed by atoms with Crippen LogP contribution in [0.15, 0.2) is 72.8 Å². The zero-order valence-corrected chi connectivity index (χ0v) is 21.9. The van der Waals surface area contributed by atoms with Crippen molar-refractivity contribution < 1.29 is 28.2 Å². The van der Waals surface area contributed by atoms with E-state index in [-0.39, 0.29) is 36.6 Å². The van der Waals surface area contributed by atoms with Crippen LogP contribution >= 0.6 is 0 Å². The zero-order valence-electron chi connectivity index (χ0n) is 21.9. The molecular weight excluding hydrogens is 501 g/mol. The van der Waals surface area contributed by atoms with E-state index < -0.39 is 0 Å². The Hall–Kier alpha value is -4.24. The normalized spacial score (nSPS) is 13.5. The number of halogens is 1. The van der Waals surface area contributed by atoms with Crippen molar-refractivity contribution in [3.8, 4) is 5.75 Å². The number of hydrogen-bond donors (Lipinski definition) is 1. The fourth-order valence-electron chi connectivity index (χ4n) is 4.32. The molecule has 0 saturated carbocycles. The van der Waals surface area contributed by atoms with Gasteiger partial charge in [0, 0.05) is 38.3 Å². The van der Waals surface area contributed by atoms with Gasteiger partial charge in [0.1, 0.15) is 18.2 Å². The van der Waals surface area contributed by atoms with Crippen molar-refractivity contribution in [1.82, 2.24) is 15.1 Å². The van der Waals surface area contributed by atoms with E-state index in [1.807, 2.05) is 36.4 Å². The van der Waals surface area contributed by atoms with Gasteiger partial charge in [-0.3, -0.25) is 14.5 Å². The molecule has 0 aromatic heterocycles. The summed E-state index contributed by atoms with van der Waals surface area (Å²) >= 11 is 0.